The van der Waals surface area contributed by atoms with Crippen LogP contribution in [0.5, 0.6) is 5.75 Å². The number of ether oxygens (including phenoxy) is 1. The Morgan fingerprint density at radius 1 is 1.21 bits per heavy atom. The van der Waals surface area contributed by atoms with Gasteiger partial charge >= 0.3 is 5.97 Å². The maximum atomic E-state index is 12.4. The highest BCUT2D eigenvalue weighted by atomic mass is 32.2. The molecule has 1 aromatic carbocycles. The Bertz CT molecular complexity index is 692. The van der Waals surface area contributed by atoms with Gasteiger partial charge in [0.05, 0.1) is 6.26 Å². The maximum Gasteiger partial charge on any atom is 0.341 e. The predicted octanol–water partition coefficient (Wildman–Crippen LogP) is 1.05. The molecular formula is C15H22N2O6S. The van der Waals surface area contributed by atoms with Gasteiger partial charge in [-0.25, -0.2) is 17.9 Å². The minimum atomic E-state index is -3.55. The zero-order valence-electron chi connectivity index (χ0n) is 14.0. The number of sulfonamides is 1. The topological polar surface area (TPSA) is 122 Å². The van der Waals surface area contributed by atoms with Gasteiger partial charge in [-0.2, -0.15) is 0 Å². The number of hydrogen-bond acceptors (Lipinski definition) is 5. The predicted molar refractivity (Wildman–Crippen MR) is 89.4 cm³/mol. The number of carboxylic acid groups (broad SMARTS) is 1. The average molecular weight is 358 g/mol. The highest BCUT2D eigenvalue weighted by molar-refractivity contribution is 7.88. The monoisotopic (exact) mass is 358 g/mol. The maximum absolute atomic E-state index is 12.4. The molecule has 0 bridgehead atoms. The fraction of sp³-hybridized carbons (Fsp3) is 0.467. The molecular weight excluding hydrogens is 336 g/mol. The van der Waals surface area contributed by atoms with E-state index in [0.29, 0.717) is 11.4 Å². The molecule has 0 fully saturated rings. The second kappa shape index (κ2) is 7.63. The molecule has 3 N–H and O–H groups in total. The molecule has 0 aliphatic rings. The van der Waals surface area contributed by atoms with E-state index in [1.165, 1.54) is 24.3 Å². The van der Waals surface area contributed by atoms with Crippen LogP contribution in [-0.4, -0.2) is 44.3 Å². The third kappa shape index (κ3) is 6.97. The van der Waals surface area contributed by atoms with E-state index in [1.807, 2.05) is 0 Å². The van der Waals surface area contributed by atoms with Crippen LogP contribution in [0.1, 0.15) is 20.8 Å². The summed E-state index contributed by atoms with van der Waals surface area (Å²) >= 11 is 0. The zero-order valence-corrected chi connectivity index (χ0v) is 14.8. The van der Waals surface area contributed by atoms with Gasteiger partial charge in [-0.3, -0.25) is 4.79 Å². The molecule has 0 saturated heterocycles. The third-order valence-corrected chi connectivity index (χ3v) is 3.61. The molecule has 0 heterocycles. The summed E-state index contributed by atoms with van der Waals surface area (Å²) in [4.78, 5) is 22.8. The van der Waals surface area contributed by atoms with Gasteiger partial charge in [0.1, 0.15) is 11.8 Å². The Morgan fingerprint density at radius 2 is 1.75 bits per heavy atom. The summed E-state index contributed by atoms with van der Waals surface area (Å²) in [6.45, 7) is 4.78. The molecule has 0 aromatic heterocycles. The number of nitrogens with one attached hydrogen (secondary N) is 2. The van der Waals surface area contributed by atoms with E-state index >= 15 is 0 Å². The first-order valence-corrected chi connectivity index (χ1v) is 9.00. The molecule has 1 atom stereocenters. The van der Waals surface area contributed by atoms with Gasteiger partial charge in [0.15, 0.2) is 6.61 Å². The summed E-state index contributed by atoms with van der Waals surface area (Å²) in [5.41, 5.74) is -0.190. The van der Waals surface area contributed by atoms with Crippen LogP contribution in [0.3, 0.4) is 0 Å². The number of aliphatic carboxylic acids is 1. The highest BCUT2D eigenvalue weighted by Gasteiger charge is 2.33. The van der Waals surface area contributed by atoms with Crippen molar-refractivity contribution in [1.82, 2.24) is 4.72 Å². The molecule has 1 amide bonds. The number of benzene rings is 1. The smallest absolute Gasteiger partial charge is 0.341 e. The molecule has 1 rings (SSSR count). The summed E-state index contributed by atoms with van der Waals surface area (Å²) in [6, 6.07) is 5.14. The van der Waals surface area contributed by atoms with Crippen LogP contribution >= 0.6 is 0 Å². The van der Waals surface area contributed by atoms with Crippen LogP contribution in [0.4, 0.5) is 5.69 Å². The molecule has 0 saturated carbocycles. The molecule has 0 aliphatic carbocycles. The van der Waals surface area contributed by atoms with Crippen molar-refractivity contribution in [3.05, 3.63) is 24.3 Å². The van der Waals surface area contributed by atoms with Crippen LogP contribution in [-0.2, 0) is 19.6 Å². The molecule has 9 heteroatoms. The number of carbonyl (C=O) groups excluding carboxylic acids is 1. The fourth-order valence-corrected chi connectivity index (χ4v) is 2.72. The minimum Gasteiger partial charge on any atom is -0.482 e. The van der Waals surface area contributed by atoms with Crippen molar-refractivity contribution in [3.63, 3.8) is 0 Å². The lowest BCUT2D eigenvalue weighted by atomic mass is 9.87. The van der Waals surface area contributed by atoms with Gasteiger partial charge in [-0.1, -0.05) is 20.8 Å². The molecule has 1 aromatic rings. The minimum absolute atomic E-state index is 0.344. The van der Waals surface area contributed by atoms with Gasteiger partial charge in [0.2, 0.25) is 15.9 Å². The number of anilines is 1. The SMILES string of the molecule is CC(C)(C)C(NS(C)(=O)=O)C(=O)Nc1ccc(OCC(=O)O)cc1. The first-order valence-electron chi connectivity index (χ1n) is 7.11. The molecule has 8 nitrogen and oxygen atoms in total. The van der Waals surface area contributed by atoms with Crippen molar-refractivity contribution in [1.29, 1.82) is 0 Å². The molecule has 0 spiro atoms. The normalized spacial score (nSPS) is 13.2. The fourth-order valence-electron chi connectivity index (χ4n) is 1.83. The Balaban J connectivity index is 2.82. The first-order chi connectivity index (χ1) is 10.9. The molecule has 24 heavy (non-hydrogen) atoms. The molecule has 1 unspecified atom stereocenters. The summed E-state index contributed by atoms with van der Waals surface area (Å²) in [5.74, 6) is -1.24. The quantitative estimate of drug-likeness (QED) is 0.670. The van der Waals surface area contributed by atoms with Gasteiger partial charge < -0.3 is 15.2 Å². The summed E-state index contributed by atoms with van der Waals surface area (Å²) in [5, 5.41) is 11.2. The Labute approximate surface area is 141 Å². The van der Waals surface area contributed by atoms with Gasteiger partial charge in [0.25, 0.3) is 0 Å². The zero-order chi connectivity index (χ0) is 18.5. The Morgan fingerprint density at radius 3 is 2.17 bits per heavy atom. The lowest BCUT2D eigenvalue weighted by Crippen LogP contribution is -2.51. The van der Waals surface area contributed by atoms with Crippen molar-refractivity contribution >= 4 is 27.6 Å². The third-order valence-electron chi connectivity index (χ3n) is 2.94. The summed E-state index contributed by atoms with van der Waals surface area (Å²) in [6.07, 6.45) is 0.994. The van der Waals surface area contributed by atoms with E-state index in [2.05, 4.69) is 10.0 Å². The van der Waals surface area contributed by atoms with Crippen LogP contribution in [0.2, 0.25) is 0 Å². The largest absolute Gasteiger partial charge is 0.482 e. The Hall–Kier alpha value is -2.13. The average Bonchev–Trinajstić information content (AvgIpc) is 2.42. The molecule has 0 radical (unpaired) electrons. The van der Waals surface area contributed by atoms with Crippen LogP contribution in [0, 0.1) is 5.41 Å². The number of rotatable bonds is 7. The van der Waals surface area contributed by atoms with Crippen LogP contribution in [0.15, 0.2) is 24.3 Å². The number of carbonyl (C=O) groups is 2. The van der Waals surface area contributed by atoms with E-state index in [9.17, 15) is 18.0 Å². The van der Waals surface area contributed by atoms with Crippen molar-refractivity contribution in [2.75, 3.05) is 18.2 Å². The summed E-state index contributed by atoms with van der Waals surface area (Å²) < 4.78 is 30.2. The molecule has 134 valence electrons. The van der Waals surface area contributed by atoms with Gasteiger partial charge in [0, 0.05) is 5.69 Å². The van der Waals surface area contributed by atoms with Crippen molar-refractivity contribution in [2.24, 2.45) is 5.41 Å². The Kier molecular flexibility index (Phi) is 6.33. The van der Waals surface area contributed by atoms with E-state index in [-0.39, 0.29) is 0 Å². The number of hydrogen-bond donors (Lipinski definition) is 3. The van der Waals surface area contributed by atoms with Gasteiger partial charge in [-0.05, 0) is 29.7 Å². The van der Waals surface area contributed by atoms with E-state index in [1.54, 1.807) is 20.8 Å². The van der Waals surface area contributed by atoms with E-state index in [0.717, 1.165) is 6.26 Å². The van der Waals surface area contributed by atoms with Crippen molar-refractivity contribution < 1.29 is 27.9 Å². The van der Waals surface area contributed by atoms with Crippen LogP contribution < -0.4 is 14.8 Å². The lowest BCUT2D eigenvalue weighted by Gasteiger charge is -2.29. The van der Waals surface area contributed by atoms with E-state index in [4.69, 9.17) is 9.84 Å². The van der Waals surface area contributed by atoms with Crippen molar-refractivity contribution in [3.8, 4) is 5.75 Å². The second-order valence-electron chi connectivity index (χ2n) is 6.39. The summed E-state index contributed by atoms with van der Waals surface area (Å²) in [7, 11) is -3.55. The first kappa shape index (κ1) is 19.9. The number of carboxylic acids is 1. The highest BCUT2D eigenvalue weighted by Crippen LogP contribution is 2.22. The van der Waals surface area contributed by atoms with Gasteiger partial charge in [-0.15, -0.1) is 0 Å². The van der Waals surface area contributed by atoms with Crippen LogP contribution in [0.25, 0.3) is 0 Å². The van der Waals surface area contributed by atoms with E-state index < -0.39 is 40.0 Å². The lowest BCUT2D eigenvalue weighted by molar-refractivity contribution is -0.139. The standard InChI is InChI=1S/C15H22N2O6S/c1-15(2,3)13(17-24(4,21)22)14(20)16-10-5-7-11(8-6-10)23-9-12(18)19/h5-8,13,17H,9H2,1-4H3,(H,16,20)(H,18,19). The van der Waals surface area contributed by atoms with Crippen molar-refractivity contribution in [2.45, 2.75) is 26.8 Å². The number of amides is 1. The second-order valence-corrected chi connectivity index (χ2v) is 8.17. The molecule has 0 aliphatic heterocycles.